The topological polar surface area (TPSA) is 72.0 Å². The zero-order valence-electron chi connectivity index (χ0n) is 18.9. The lowest BCUT2D eigenvalue weighted by Crippen LogP contribution is -2.39. The van der Waals surface area contributed by atoms with Gasteiger partial charge in [-0.15, -0.1) is 0 Å². The van der Waals surface area contributed by atoms with Gasteiger partial charge in [0, 0.05) is 10.6 Å². The normalized spacial score (nSPS) is 14.8. The summed E-state index contributed by atoms with van der Waals surface area (Å²) in [5, 5.41) is -0.0654. The first-order valence-corrected chi connectivity index (χ1v) is 10.7. The first-order chi connectivity index (χ1) is 15.9. The summed E-state index contributed by atoms with van der Waals surface area (Å²) in [6, 6.07) is 5.83. The van der Waals surface area contributed by atoms with Gasteiger partial charge < -0.3 is 14.0 Å². The van der Waals surface area contributed by atoms with Gasteiger partial charge in [0.2, 0.25) is 0 Å². The van der Waals surface area contributed by atoms with Crippen LogP contribution in [0.1, 0.15) is 11.1 Å². The highest BCUT2D eigenvalue weighted by Gasteiger charge is 2.38. The van der Waals surface area contributed by atoms with E-state index in [2.05, 4.69) is 4.98 Å². The number of benzene rings is 1. The van der Waals surface area contributed by atoms with Gasteiger partial charge in [0.05, 0.1) is 39.5 Å². The molecule has 0 spiro atoms. The number of likely N-dealkylation sites (N-methyl/N-ethyl adjacent to an activating group) is 1. The van der Waals surface area contributed by atoms with Crippen molar-refractivity contribution in [1.29, 1.82) is 0 Å². The third-order valence-electron chi connectivity index (χ3n) is 4.99. The predicted molar refractivity (Wildman–Crippen MR) is 118 cm³/mol. The number of urea groups is 1. The number of halogens is 4. The van der Waals surface area contributed by atoms with E-state index in [0.29, 0.717) is 17.6 Å². The molecule has 0 bridgehead atoms. The maximum Gasteiger partial charge on any atom is 0.416 e. The Morgan fingerprint density at radius 3 is 2.50 bits per heavy atom. The Bertz CT molecular complexity index is 1040. The maximum absolute atomic E-state index is 13.2. The molecule has 1 saturated heterocycles. The fraction of sp³-hybridized carbons (Fsp3) is 0.409. The van der Waals surface area contributed by atoms with Crippen molar-refractivity contribution in [2.24, 2.45) is 0 Å². The summed E-state index contributed by atoms with van der Waals surface area (Å²) in [6.07, 6.45) is -3.31. The summed E-state index contributed by atoms with van der Waals surface area (Å²) in [5.41, 5.74) is -1.07. The molecule has 184 valence electrons. The number of alkyl halides is 3. The van der Waals surface area contributed by atoms with Gasteiger partial charge >= 0.3 is 12.2 Å². The van der Waals surface area contributed by atoms with Crippen LogP contribution >= 0.6 is 11.6 Å². The average molecular weight is 502 g/mol. The van der Waals surface area contributed by atoms with Crippen molar-refractivity contribution in [1.82, 2.24) is 9.88 Å². The molecule has 3 rings (SSSR count). The molecule has 2 heterocycles. The first kappa shape index (κ1) is 25.7. The fourth-order valence-corrected chi connectivity index (χ4v) is 3.31. The lowest BCUT2D eigenvalue weighted by atomic mass is 10.1. The number of ether oxygens (including phenoxy) is 2. The molecule has 34 heavy (non-hydrogen) atoms. The van der Waals surface area contributed by atoms with Gasteiger partial charge in [0.1, 0.15) is 38.0 Å². The van der Waals surface area contributed by atoms with Crippen molar-refractivity contribution >= 4 is 29.4 Å². The smallest absolute Gasteiger partial charge is 0.416 e. The molecular weight excluding hydrogens is 477 g/mol. The molecular formula is C22H25ClF3N4O4+. The SMILES string of the molecule is C[N+](C)(C)CCOCN1C(=O)CN(c2ccc(OCc3c(Cl)cccc3C(F)(F)F)cn2)C1=O. The molecule has 1 aromatic carbocycles. The van der Waals surface area contributed by atoms with E-state index in [-0.39, 0.29) is 35.4 Å². The molecule has 2 aromatic rings. The minimum Gasteiger partial charge on any atom is -0.487 e. The molecule has 0 aliphatic carbocycles. The number of rotatable bonds is 9. The standard InChI is InChI=1S/C22H25ClF3N4O4/c1-30(2,3)9-10-33-14-29-20(31)12-28(21(29)32)19-8-7-15(11-27-19)34-13-16-17(22(24,25)26)5-4-6-18(16)23/h4-8,11H,9-10,12-14H2,1-3H3/q+1. The number of aromatic nitrogens is 1. The van der Waals surface area contributed by atoms with E-state index in [1.54, 1.807) is 0 Å². The van der Waals surface area contributed by atoms with Crippen LogP contribution in [0.5, 0.6) is 5.75 Å². The zero-order valence-corrected chi connectivity index (χ0v) is 19.7. The lowest BCUT2D eigenvalue weighted by Gasteiger charge is -2.24. The number of carbonyl (C=O) groups excluding carboxylic acids is 2. The third-order valence-corrected chi connectivity index (χ3v) is 5.34. The van der Waals surface area contributed by atoms with Crippen LogP contribution in [-0.2, 0) is 22.3 Å². The van der Waals surface area contributed by atoms with E-state index in [0.717, 1.165) is 11.0 Å². The number of nitrogens with zero attached hydrogens (tertiary/aromatic N) is 4. The number of anilines is 1. The van der Waals surface area contributed by atoms with Crippen LogP contribution in [0, 0.1) is 0 Å². The van der Waals surface area contributed by atoms with Gasteiger partial charge in [-0.05, 0) is 24.3 Å². The highest BCUT2D eigenvalue weighted by Crippen LogP contribution is 2.35. The molecule has 1 aliphatic rings. The zero-order chi connectivity index (χ0) is 25.1. The van der Waals surface area contributed by atoms with E-state index in [4.69, 9.17) is 21.1 Å². The van der Waals surface area contributed by atoms with Gasteiger partial charge in [0.25, 0.3) is 5.91 Å². The quantitative estimate of drug-likeness (QED) is 0.297. The molecule has 1 aliphatic heterocycles. The van der Waals surface area contributed by atoms with Crippen LogP contribution < -0.4 is 9.64 Å². The van der Waals surface area contributed by atoms with Gasteiger partial charge in [-0.1, -0.05) is 17.7 Å². The summed E-state index contributed by atoms with van der Waals surface area (Å²) in [7, 11) is 6.00. The number of hydrogen-bond donors (Lipinski definition) is 0. The van der Waals surface area contributed by atoms with Crippen LogP contribution in [0.15, 0.2) is 36.5 Å². The van der Waals surface area contributed by atoms with E-state index < -0.39 is 30.3 Å². The van der Waals surface area contributed by atoms with Gasteiger partial charge in [0.15, 0.2) is 0 Å². The lowest BCUT2D eigenvalue weighted by molar-refractivity contribution is -0.870. The summed E-state index contributed by atoms with van der Waals surface area (Å²) in [4.78, 5) is 31.2. The van der Waals surface area contributed by atoms with Gasteiger partial charge in [-0.3, -0.25) is 9.69 Å². The van der Waals surface area contributed by atoms with Crippen molar-refractivity contribution in [3.63, 3.8) is 0 Å². The molecule has 0 radical (unpaired) electrons. The van der Waals surface area contributed by atoms with Crippen LogP contribution in [0.2, 0.25) is 5.02 Å². The van der Waals surface area contributed by atoms with E-state index in [1.807, 2.05) is 21.1 Å². The largest absolute Gasteiger partial charge is 0.487 e. The third kappa shape index (κ3) is 6.37. The highest BCUT2D eigenvalue weighted by atomic mass is 35.5. The number of quaternary nitrogens is 1. The Kier molecular flexibility index (Phi) is 7.69. The second-order valence-electron chi connectivity index (χ2n) is 8.65. The minimum atomic E-state index is -4.57. The van der Waals surface area contributed by atoms with E-state index >= 15 is 0 Å². The summed E-state index contributed by atoms with van der Waals surface area (Å²) in [6.45, 7) is 0.317. The predicted octanol–water partition coefficient (Wildman–Crippen LogP) is 3.78. The molecule has 0 saturated carbocycles. The summed E-state index contributed by atoms with van der Waals surface area (Å²) >= 11 is 5.94. The molecule has 0 atom stereocenters. The Morgan fingerprint density at radius 1 is 1.15 bits per heavy atom. The minimum absolute atomic E-state index is 0.0654. The van der Waals surface area contributed by atoms with Gasteiger partial charge in [-0.2, -0.15) is 13.2 Å². The Balaban J connectivity index is 1.61. The molecule has 1 aromatic heterocycles. The van der Waals surface area contributed by atoms with Crippen molar-refractivity contribution in [3.05, 3.63) is 52.7 Å². The molecule has 0 unspecified atom stereocenters. The monoisotopic (exact) mass is 501 g/mol. The molecule has 1 fully saturated rings. The van der Waals surface area contributed by atoms with Crippen molar-refractivity contribution in [2.75, 3.05) is 52.5 Å². The van der Waals surface area contributed by atoms with Crippen LogP contribution in [0.3, 0.4) is 0 Å². The molecule has 3 amide bonds. The average Bonchev–Trinajstić information content (AvgIpc) is 3.03. The first-order valence-electron chi connectivity index (χ1n) is 10.3. The molecule has 8 nitrogen and oxygen atoms in total. The summed E-state index contributed by atoms with van der Waals surface area (Å²) in [5.74, 6) is -0.0423. The maximum atomic E-state index is 13.2. The Morgan fingerprint density at radius 2 is 1.88 bits per heavy atom. The summed E-state index contributed by atoms with van der Waals surface area (Å²) < 4.78 is 51.3. The van der Waals surface area contributed by atoms with E-state index in [9.17, 15) is 22.8 Å². The Hall–Kier alpha value is -2.89. The number of carbonyl (C=O) groups is 2. The second-order valence-corrected chi connectivity index (χ2v) is 9.05. The van der Waals surface area contributed by atoms with Crippen molar-refractivity contribution in [2.45, 2.75) is 12.8 Å². The van der Waals surface area contributed by atoms with Crippen molar-refractivity contribution in [3.8, 4) is 5.75 Å². The van der Waals surface area contributed by atoms with Crippen LogP contribution in [0.4, 0.5) is 23.8 Å². The highest BCUT2D eigenvalue weighted by molar-refractivity contribution is 6.31. The molecule has 12 heteroatoms. The van der Waals surface area contributed by atoms with Crippen molar-refractivity contribution < 1.29 is 36.7 Å². The second kappa shape index (κ2) is 10.2. The number of amides is 3. The number of pyridine rings is 1. The number of hydrogen-bond acceptors (Lipinski definition) is 5. The van der Waals surface area contributed by atoms with Crippen LogP contribution in [-0.4, -0.2) is 73.9 Å². The number of imide groups is 1. The fourth-order valence-electron chi connectivity index (χ4n) is 3.09. The molecule has 0 N–H and O–H groups in total. The van der Waals surface area contributed by atoms with Crippen LogP contribution in [0.25, 0.3) is 0 Å². The Labute approximate surface area is 200 Å². The van der Waals surface area contributed by atoms with E-state index in [1.165, 1.54) is 35.4 Å². The van der Waals surface area contributed by atoms with Gasteiger partial charge in [-0.25, -0.2) is 14.7 Å².